The van der Waals surface area contributed by atoms with Gasteiger partial charge in [0.15, 0.2) is 0 Å². The van der Waals surface area contributed by atoms with Gasteiger partial charge in [-0.3, -0.25) is 9.47 Å². The Kier molecular flexibility index (Phi) is 5.40. The molecule has 1 aromatic rings. The molecule has 0 spiro atoms. The first-order chi connectivity index (χ1) is 11.5. The maximum atomic E-state index is 12.7. The molecular weight excluding hydrogens is 332 g/mol. The number of aromatic amines is 1. The molecule has 9 nitrogen and oxygen atoms in total. The summed E-state index contributed by atoms with van der Waals surface area (Å²) < 4.78 is 30.2. The first-order valence-electron chi connectivity index (χ1n) is 8.37. The summed E-state index contributed by atoms with van der Waals surface area (Å²) in [7, 11) is -1.33. The first kappa shape index (κ1) is 17.6. The number of piperazine rings is 2. The predicted octanol–water partition coefficient (Wildman–Crippen LogP) is -1.71. The summed E-state index contributed by atoms with van der Waals surface area (Å²) >= 11 is 0. The van der Waals surface area contributed by atoms with Crippen molar-refractivity contribution >= 4 is 10.2 Å². The number of hydrogen-bond acceptors (Lipinski definition) is 5. The van der Waals surface area contributed by atoms with Crippen molar-refractivity contribution in [1.29, 1.82) is 0 Å². The normalized spacial score (nSPS) is 22.9. The molecule has 0 saturated carbocycles. The topological polar surface area (TPSA) is 84.9 Å². The molecule has 0 bridgehead atoms. The Bertz CT molecular complexity index is 683. The Balaban J connectivity index is 1.49. The Morgan fingerprint density at radius 2 is 1.54 bits per heavy atom. The number of aromatic nitrogens is 2. The fraction of sp³-hybridized carbons (Fsp3) is 0.786. The third-order valence-electron chi connectivity index (χ3n) is 4.83. The lowest BCUT2D eigenvalue weighted by Crippen LogP contribution is -2.56. The summed E-state index contributed by atoms with van der Waals surface area (Å²) in [6, 6.07) is 0. The van der Waals surface area contributed by atoms with Crippen molar-refractivity contribution in [1.82, 2.24) is 28.0 Å². The maximum absolute atomic E-state index is 12.7. The lowest BCUT2D eigenvalue weighted by Gasteiger charge is -2.39. The minimum absolute atomic E-state index is 0.105. The third kappa shape index (κ3) is 3.89. The third-order valence-corrected chi connectivity index (χ3v) is 6.86. The molecule has 0 unspecified atom stereocenters. The molecule has 0 aromatic carbocycles. The Hall–Kier alpha value is -1.20. The van der Waals surface area contributed by atoms with Crippen LogP contribution in [0.1, 0.15) is 0 Å². The van der Waals surface area contributed by atoms with Crippen LogP contribution in [-0.4, -0.2) is 102 Å². The van der Waals surface area contributed by atoms with Gasteiger partial charge in [0.25, 0.3) is 10.2 Å². The van der Waals surface area contributed by atoms with Gasteiger partial charge in [-0.05, 0) is 7.05 Å². The van der Waals surface area contributed by atoms with Crippen LogP contribution < -0.4 is 5.69 Å². The van der Waals surface area contributed by atoms with Crippen LogP contribution in [0.25, 0.3) is 0 Å². The lowest BCUT2D eigenvalue weighted by atomic mass is 10.3. The SMILES string of the molecule is CN1CCN(S(=O)(=O)N2CCN(CCn3cc[nH]c3=O)CC2)CC1. The largest absolute Gasteiger partial charge is 0.325 e. The number of nitrogens with zero attached hydrogens (tertiary/aromatic N) is 5. The van der Waals surface area contributed by atoms with Crippen LogP contribution in [0.2, 0.25) is 0 Å². The van der Waals surface area contributed by atoms with Crippen molar-refractivity contribution in [2.45, 2.75) is 6.54 Å². The van der Waals surface area contributed by atoms with Gasteiger partial charge in [0.05, 0.1) is 0 Å². The van der Waals surface area contributed by atoms with E-state index in [4.69, 9.17) is 0 Å². The summed E-state index contributed by atoms with van der Waals surface area (Å²) in [6.07, 6.45) is 3.36. The maximum Gasteiger partial charge on any atom is 0.325 e. The van der Waals surface area contributed by atoms with Gasteiger partial charge >= 0.3 is 5.69 Å². The smallest absolute Gasteiger partial charge is 0.313 e. The van der Waals surface area contributed by atoms with E-state index in [2.05, 4.69) is 14.8 Å². The molecule has 2 aliphatic rings. The van der Waals surface area contributed by atoms with Crippen LogP contribution in [0.15, 0.2) is 17.2 Å². The van der Waals surface area contributed by atoms with Crippen LogP contribution in [0.4, 0.5) is 0 Å². The standard InChI is InChI=1S/C14H26N6O3S/c1-16-4-10-19(11-5-16)24(22,23)20-12-7-17(8-13-20)6-9-18-3-2-15-14(18)21/h2-3H,4-13H2,1H3,(H,15,21). The van der Waals surface area contributed by atoms with E-state index in [0.717, 1.165) is 19.6 Å². The average Bonchev–Trinajstić information content (AvgIpc) is 2.99. The highest BCUT2D eigenvalue weighted by Gasteiger charge is 2.33. The first-order valence-corrected chi connectivity index (χ1v) is 9.76. The van der Waals surface area contributed by atoms with Crippen LogP contribution >= 0.6 is 0 Å². The molecule has 3 heterocycles. The zero-order valence-electron chi connectivity index (χ0n) is 14.1. The molecule has 0 atom stereocenters. The Morgan fingerprint density at radius 1 is 0.958 bits per heavy atom. The molecular formula is C14H26N6O3S. The van der Waals surface area contributed by atoms with Gasteiger partial charge in [0, 0.05) is 77.8 Å². The highest BCUT2D eigenvalue weighted by Crippen LogP contribution is 2.14. The molecule has 3 rings (SSSR count). The van der Waals surface area contributed by atoms with Crippen molar-refractivity contribution in [3.05, 3.63) is 22.9 Å². The highest BCUT2D eigenvalue weighted by atomic mass is 32.2. The average molecular weight is 358 g/mol. The molecule has 1 N–H and O–H groups in total. The van der Waals surface area contributed by atoms with Gasteiger partial charge in [-0.15, -0.1) is 0 Å². The predicted molar refractivity (Wildman–Crippen MR) is 91.1 cm³/mol. The van der Waals surface area contributed by atoms with Crippen molar-refractivity contribution in [2.24, 2.45) is 0 Å². The molecule has 136 valence electrons. The van der Waals surface area contributed by atoms with E-state index in [9.17, 15) is 13.2 Å². The van der Waals surface area contributed by atoms with Crippen LogP contribution in [0, 0.1) is 0 Å². The molecule has 0 amide bonds. The number of hydrogen-bond donors (Lipinski definition) is 1. The monoisotopic (exact) mass is 358 g/mol. The summed E-state index contributed by atoms with van der Waals surface area (Å²) in [6.45, 7) is 6.49. The molecule has 0 aliphatic carbocycles. The van der Waals surface area contributed by atoms with Crippen molar-refractivity contribution in [3.63, 3.8) is 0 Å². The molecule has 2 aliphatic heterocycles. The van der Waals surface area contributed by atoms with Crippen LogP contribution in [-0.2, 0) is 16.8 Å². The lowest BCUT2D eigenvalue weighted by molar-refractivity contribution is 0.166. The fourth-order valence-electron chi connectivity index (χ4n) is 3.14. The van der Waals surface area contributed by atoms with Gasteiger partial charge < -0.3 is 9.88 Å². The molecule has 1 aromatic heterocycles. The Morgan fingerprint density at radius 3 is 2.08 bits per heavy atom. The molecule has 10 heteroatoms. The number of likely N-dealkylation sites (N-methyl/N-ethyl adjacent to an activating group) is 1. The van der Waals surface area contributed by atoms with E-state index < -0.39 is 10.2 Å². The van der Waals surface area contributed by atoms with Gasteiger partial charge in [-0.25, -0.2) is 4.79 Å². The summed E-state index contributed by atoms with van der Waals surface area (Å²) in [5, 5.41) is 0. The number of H-pyrrole nitrogens is 1. The fourth-order valence-corrected chi connectivity index (χ4v) is 4.72. The zero-order chi connectivity index (χ0) is 17.2. The van der Waals surface area contributed by atoms with E-state index in [-0.39, 0.29) is 5.69 Å². The number of imidazole rings is 1. The van der Waals surface area contributed by atoms with Crippen molar-refractivity contribution in [3.8, 4) is 0 Å². The second-order valence-electron chi connectivity index (χ2n) is 6.41. The molecule has 24 heavy (non-hydrogen) atoms. The van der Waals surface area contributed by atoms with Crippen LogP contribution in [0.3, 0.4) is 0 Å². The molecule has 0 radical (unpaired) electrons. The van der Waals surface area contributed by atoms with E-state index in [1.54, 1.807) is 25.6 Å². The summed E-state index contributed by atoms with van der Waals surface area (Å²) in [4.78, 5) is 18.4. The van der Waals surface area contributed by atoms with Crippen LogP contribution in [0.5, 0.6) is 0 Å². The molecule has 2 fully saturated rings. The van der Waals surface area contributed by atoms with E-state index >= 15 is 0 Å². The zero-order valence-corrected chi connectivity index (χ0v) is 14.9. The number of nitrogens with one attached hydrogen (secondary N) is 1. The van der Waals surface area contributed by atoms with Gasteiger partial charge in [0.1, 0.15) is 0 Å². The van der Waals surface area contributed by atoms with Gasteiger partial charge in [0.2, 0.25) is 0 Å². The summed E-state index contributed by atoms with van der Waals surface area (Å²) in [5.74, 6) is 0. The van der Waals surface area contributed by atoms with E-state index in [1.807, 2.05) is 7.05 Å². The molecule has 2 saturated heterocycles. The minimum atomic E-state index is -3.34. The van der Waals surface area contributed by atoms with Crippen molar-refractivity contribution in [2.75, 3.05) is 66.0 Å². The quantitative estimate of drug-likeness (QED) is 0.677. The Labute approximate surface area is 142 Å². The highest BCUT2D eigenvalue weighted by molar-refractivity contribution is 7.86. The van der Waals surface area contributed by atoms with Gasteiger partial charge in [-0.1, -0.05) is 0 Å². The van der Waals surface area contributed by atoms with E-state index in [1.165, 1.54) is 0 Å². The van der Waals surface area contributed by atoms with Gasteiger partial charge in [-0.2, -0.15) is 17.0 Å². The number of rotatable bonds is 5. The minimum Gasteiger partial charge on any atom is -0.313 e. The van der Waals surface area contributed by atoms with E-state index in [0.29, 0.717) is 45.8 Å². The van der Waals surface area contributed by atoms with Crippen molar-refractivity contribution < 1.29 is 8.42 Å². The summed E-state index contributed by atoms with van der Waals surface area (Å²) in [5.41, 5.74) is -0.105. The second kappa shape index (κ2) is 7.36. The second-order valence-corrected chi connectivity index (χ2v) is 8.34.